The Morgan fingerprint density at radius 3 is 2.41 bits per heavy atom. The Hall–Kier alpha value is -2.31. The van der Waals surface area contributed by atoms with E-state index >= 15 is 0 Å². The first-order valence-corrected chi connectivity index (χ1v) is 9.94. The molecule has 9 nitrogen and oxygen atoms in total. The van der Waals surface area contributed by atoms with E-state index in [1.165, 1.54) is 30.5 Å². The van der Waals surface area contributed by atoms with Crippen molar-refractivity contribution in [2.75, 3.05) is 18.1 Å². The van der Waals surface area contributed by atoms with E-state index in [1.54, 1.807) is 0 Å². The summed E-state index contributed by atoms with van der Waals surface area (Å²) >= 11 is 0. The van der Waals surface area contributed by atoms with Gasteiger partial charge in [-0.3, -0.25) is 9.59 Å². The molecular weight excluding hydrogens is 401 g/mol. The molecule has 0 bridgehead atoms. The monoisotopic (exact) mass is 419 g/mol. The van der Waals surface area contributed by atoms with Crippen molar-refractivity contribution in [3.63, 3.8) is 0 Å². The van der Waals surface area contributed by atoms with E-state index in [0.29, 0.717) is 5.56 Å². The van der Waals surface area contributed by atoms with Gasteiger partial charge in [-0.1, -0.05) is 38.9 Å². The molecule has 0 aromatic heterocycles. The maximum absolute atomic E-state index is 12.7. The average Bonchev–Trinajstić information content (AvgIpc) is 2.62. The number of carbonyl (C=O) groups is 3. The number of nitrogens with one attached hydrogen (secondary N) is 1. The molecule has 0 radical (unpaired) electrons. The number of nitrogens with zero attached hydrogens (tertiary/aromatic N) is 1. The van der Waals surface area contributed by atoms with Crippen LogP contribution in [0.2, 0.25) is 0 Å². The number of nitrogens with two attached hydrogens (primary N) is 1. The van der Waals surface area contributed by atoms with Crippen molar-refractivity contribution in [2.45, 2.75) is 12.1 Å². The zero-order valence-electron chi connectivity index (χ0n) is 13.9. The molecule has 5 N–H and O–H groups in total. The molecule has 1 aromatic rings. The Morgan fingerprint density at radius 2 is 1.81 bits per heavy atom. The molecule has 12 heteroatoms. The van der Waals surface area contributed by atoms with Crippen molar-refractivity contribution in [3.05, 3.63) is 35.6 Å². The highest BCUT2D eigenvalue weighted by molar-refractivity contribution is 8.76. The topological polar surface area (TPSA) is 151 Å². The summed E-state index contributed by atoms with van der Waals surface area (Å²) in [7, 11) is 2.18. The lowest BCUT2D eigenvalue weighted by Gasteiger charge is -2.13. The van der Waals surface area contributed by atoms with Gasteiger partial charge in [0.25, 0.3) is 5.91 Å². The Balaban J connectivity index is 2.32. The molecule has 2 atom stereocenters. The van der Waals surface area contributed by atoms with Crippen LogP contribution in [-0.4, -0.2) is 64.5 Å². The summed E-state index contributed by atoms with van der Waals surface area (Å²) in [6.07, 6.45) is 1.28. The van der Waals surface area contributed by atoms with Crippen LogP contribution in [0.25, 0.3) is 0 Å². The molecule has 0 heterocycles. The molecule has 1 aromatic carbocycles. The number of hydrogen-bond donors (Lipinski definition) is 4. The average molecular weight is 419 g/mol. The minimum atomic E-state index is -1.24. The quantitative estimate of drug-likeness (QED) is 0.165. The van der Waals surface area contributed by atoms with Crippen LogP contribution >= 0.6 is 21.6 Å². The summed E-state index contributed by atoms with van der Waals surface area (Å²) in [6.45, 7) is -0.497. The van der Waals surface area contributed by atoms with Crippen LogP contribution in [0.4, 0.5) is 4.39 Å². The lowest BCUT2D eigenvalue weighted by molar-refractivity contribution is -0.141. The van der Waals surface area contributed by atoms with E-state index in [9.17, 15) is 18.8 Å². The highest BCUT2D eigenvalue weighted by Gasteiger charge is 2.21. The summed E-state index contributed by atoms with van der Waals surface area (Å²) in [5, 5.41) is 23.6. The van der Waals surface area contributed by atoms with Gasteiger partial charge in [-0.05, 0) is 17.7 Å². The first-order chi connectivity index (χ1) is 12.8. The minimum Gasteiger partial charge on any atom is -0.480 e. The van der Waals surface area contributed by atoms with Crippen LogP contribution in [-0.2, 0) is 19.2 Å². The third-order valence-electron chi connectivity index (χ3n) is 2.86. The second kappa shape index (κ2) is 12.1. The van der Waals surface area contributed by atoms with Gasteiger partial charge in [0.2, 0.25) is 0 Å². The Morgan fingerprint density at radius 1 is 1.19 bits per heavy atom. The molecule has 0 aliphatic carbocycles. The van der Waals surface area contributed by atoms with Crippen LogP contribution < -0.4 is 11.1 Å². The standard InChI is InChI=1S/C15H18FN3O6S2/c16-10-3-1-9(2-4-10)5-18-25-6-13(20)19-12(15(23)24)8-27-26-7-11(17)14(21)22/h1-5,11-12H,6-8,17H2,(H,19,20)(H,21,22)(H,23,24)/b18-5+/t11-,12-/m1/s1. The van der Waals surface area contributed by atoms with Crippen LogP contribution in [0.1, 0.15) is 5.56 Å². The highest BCUT2D eigenvalue weighted by Crippen LogP contribution is 2.22. The van der Waals surface area contributed by atoms with Crippen molar-refractivity contribution < 1.29 is 33.8 Å². The number of halogens is 1. The number of carboxylic acids is 2. The molecule has 148 valence electrons. The van der Waals surface area contributed by atoms with Crippen LogP contribution in [0.3, 0.4) is 0 Å². The minimum absolute atomic E-state index is 0.0108. The number of benzene rings is 1. The highest BCUT2D eigenvalue weighted by atomic mass is 33.1. The van der Waals surface area contributed by atoms with E-state index in [-0.39, 0.29) is 11.5 Å². The van der Waals surface area contributed by atoms with Gasteiger partial charge in [-0.15, -0.1) is 0 Å². The Labute approximate surface area is 161 Å². The summed E-state index contributed by atoms with van der Waals surface area (Å²) in [5.74, 6) is -3.36. The fraction of sp³-hybridized carbons (Fsp3) is 0.333. The van der Waals surface area contributed by atoms with Gasteiger partial charge in [0.15, 0.2) is 6.61 Å². The first kappa shape index (κ1) is 22.7. The Kier molecular flexibility index (Phi) is 10.2. The van der Waals surface area contributed by atoms with Gasteiger partial charge >= 0.3 is 11.9 Å². The van der Waals surface area contributed by atoms with E-state index in [1.807, 2.05) is 0 Å². The lowest BCUT2D eigenvalue weighted by atomic mass is 10.2. The number of carboxylic acid groups (broad SMARTS) is 2. The molecule has 0 fully saturated rings. The molecule has 0 aliphatic rings. The molecular formula is C15H18FN3O6S2. The predicted octanol–water partition coefficient (Wildman–Crippen LogP) is 0.539. The molecule has 1 amide bonds. The first-order valence-electron chi connectivity index (χ1n) is 7.45. The van der Waals surface area contributed by atoms with Crippen LogP contribution in [0.5, 0.6) is 0 Å². The summed E-state index contributed by atoms with van der Waals surface area (Å²) in [5.41, 5.74) is 5.89. The van der Waals surface area contributed by atoms with Crippen molar-refractivity contribution in [1.29, 1.82) is 0 Å². The molecule has 0 aliphatic heterocycles. The van der Waals surface area contributed by atoms with Crippen LogP contribution in [0.15, 0.2) is 29.4 Å². The summed E-state index contributed by atoms with van der Waals surface area (Å²) in [4.78, 5) is 38.2. The van der Waals surface area contributed by atoms with Crippen LogP contribution in [0, 0.1) is 5.82 Å². The fourth-order valence-corrected chi connectivity index (χ4v) is 3.73. The van der Waals surface area contributed by atoms with Crippen molar-refractivity contribution in [3.8, 4) is 0 Å². The number of hydrogen-bond acceptors (Lipinski definition) is 8. The predicted molar refractivity (Wildman–Crippen MR) is 100 cm³/mol. The lowest BCUT2D eigenvalue weighted by Crippen LogP contribution is -2.43. The number of rotatable bonds is 12. The molecule has 0 saturated carbocycles. The number of amides is 1. The third kappa shape index (κ3) is 9.82. The van der Waals surface area contributed by atoms with E-state index < -0.39 is 42.4 Å². The Bertz CT molecular complexity index is 674. The number of oxime groups is 1. The van der Waals surface area contributed by atoms with Gasteiger partial charge < -0.3 is 26.1 Å². The summed E-state index contributed by atoms with van der Waals surface area (Å²) in [6, 6.07) is 3.19. The maximum atomic E-state index is 12.7. The third-order valence-corrected chi connectivity index (χ3v) is 5.31. The normalized spacial score (nSPS) is 13.1. The van der Waals surface area contributed by atoms with Crippen molar-refractivity contribution >= 4 is 45.6 Å². The summed E-state index contributed by atoms with van der Waals surface area (Å²) < 4.78 is 12.7. The SMILES string of the molecule is N[C@H](CSSC[C@@H](NC(=O)CO/N=C/c1ccc(F)cc1)C(=O)O)C(=O)O. The fourth-order valence-electron chi connectivity index (χ4n) is 1.46. The molecule has 27 heavy (non-hydrogen) atoms. The van der Waals surface area contributed by atoms with Crippen molar-refractivity contribution in [1.82, 2.24) is 5.32 Å². The zero-order chi connectivity index (χ0) is 20.2. The molecule has 0 unspecified atom stereocenters. The second-order valence-corrected chi connectivity index (χ2v) is 7.58. The second-order valence-electron chi connectivity index (χ2n) is 5.03. The maximum Gasteiger partial charge on any atom is 0.327 e. The molecule has 1 rings (SSSR count). The zero-order valence-corrected chi connectivity index (χ0v) is 15.5. The van der Waals surface area contributed by atoms with E-state index in [0.717, 1.165) is 21.6 Å². The van der Waals surface area contributed by atoms with E-state index in [2.05, 4.69) is 10.5 Å². The smallest absolute Gasteiger partial charge is 0.327 e. The number of aliphatic carboxylic acids is 2. The van der Waals surface area contributed by atoms with Gasteiger partial charge in [-0.2, -0.15) is 0 Å². The largest absolute Gasteiger partial charge is 0.480 e. The van der Waals surface area contributed by atoms with Gasteiger partial charge in [0, 0.05) is 11.5 Å². The number of carbonyl (C=O) groups excluding carboxylic acids is 1. The van der Waals surface area contributed by atoms with Gasteiger partial charge in [-0.25, -0.2) is 9.18 Å². The van der Waals surface area contributed by atoms with Gasteiger partial charge in [0.05, 0.1) is 6.21 Å². The molecule has 0 spiro atoms. The van der Waals surface area contributed by atoms with Gasteiger partial charge in [0.1, 0.15) is 17.9 Å². The van der Waals surface area contributed by atoms with Crippen molar-refractivity contribution in [2.24, 2.45) is 10.9 Å². The molecule has 0 saturated heterocycles. The van der Waals surface area contributed by atoms with E-state index in [4.69, 9.17) is 20.8 Å².